The topological polar surface area (TPSA) is 85.9 Å². The number of carbonyl (C=O) groups is 2. The zero-order valence-electron chi connectivity index (χ0n) is 17.0. The predicted octanol–water partition coefficient (Wildman–Crippen LogP) is 3.46. The van der Waals surface area contributed by atoms with E-state index in [0.717, 1.165) is 36.3 Å². The third-order valence-electron chi connectivity index (χ3n) is 5.20. The molecule has 1 fully saturated rings. The molecule has 1 unspecified atom stereocenters. The molecule has 7 heteroatoms. The molecule has 0 bridgehead atoms. The molecule has 0 aliphatic carbocycles. The first-order valence-corrected chi connectivity index (χ1v) is 10.3. The van der Waals surface area contributed by atoms with E-state index >= 15 is 0 Å². The van der Waals surface area contributed by atoms with Gasteiger partial charge in [-0.15, -0.1) is 0 Å². The molecule has 2 amide bonds. The number of carbonyl (C=O) groups excluding carboxylic acids is 2. The van der Waals surface area contributed by atoms with Crippen molar-refractivity contribution in [1.29, 1.82) is 0 Å². The molecule has 0 spiro atoms. The van der Waals surface area contributed by atoms with Gasteiger partial charge in [0.15, 0.2) is 6.61 Å². The first-order chi connectivity index (χ1) is 14.6. The van der Waals surface area contributed by atoms with E-state index < -0.39 is 0 Å². The van der Waals surface area contributed by atoms with Crippen molar-refractivity contribution < 1.29 is 23.8 Å². The van der Waals surface area contributed by atoms with Crippen LogP contribution in [0.3, 0.4) is 0 Å². The van der Waals surface area contributed by atoms with Crippen LogP contribution in [0.5, 0.6) is 11.5 Å². The molecule has 2 aliphatic heterocycles. The van der Waals surface area contributed by atoms with Crippen LogP contribution in [0.4, 0.5) is 11.4 Å². The normalized spacial score (nSPS) is 17.8. The monoisotopic (exact) mass is 410 g/mol. The summed E-state index contributed by atoms with van der Waals surface area (Å²) in [4.78, 5) is 23.9. The Hall–Kier alpha value is -3.06. The average Bonchev–Trinajstić information content (AvgIpc) is 3.26. The second kappa shape index (κ2) is 9.17. The van der Waals surface area contributed by atoms with Crippen molar-refractivity contribution in [2.45, 2.75) is 38.7 Å². The zero-order valence-corrected chi connectivity index (χ0v) is 17.0. The van der Waals surface area contributed by atoms with E-state index in [0.29, 0.717) is 36.6 Å². The Morgan fingerprint density at radius 1 is 1.20 bits per heavy atom. The second-order valence-electron chi connectivity index (χ2n) is 7.65. The Morgan fingerprint density at radius 2 is 2.10 bits per heavy atom. The third-order valence-corrected chi connectivity index (χ3v) is 5.20. The number of amides is 2. The maximum atomic E-state index is 12.4. The van der Waals surface area contributed by atoms with Gasteiger partial charge in [-0.2, -0.15) is 0 Å². The van der Waals surface area contributed by atoms with Gasteiger partial charge >= 0.3 is 0 Å². The standard InChI is InChI=1S/C23H26N2O5/c1-15-4-7-20(21(11-15)30-13-18-3-2-10-28-18)25-23(27)14-29-17-6-8-19-16(12-17)5-9-22(26)24-19/h4,6-8,11-12,18H,2-3,5,9-10,13-14H2,1H3,(H,24,26)(H,25,27). The Labute approximate surface area is 175 Å². The minimum Gasteiger partial charge on any atom is -0.489 e. The van der Waals surface area contributed by atoms with Gasteiger partial charge in [-0.1, -0.05) is 6.07 Å². The van der Waals surface area contributed by atoms with Crippen molar-refractivity contribution in [3.63, 3.8) is 0 Å². The van der Waals surface area contributed by atoms with Gasteiger partial charge in [0.1, 0.15) is 18.1 Å². The summed E-state index contributed by atoms with van der Waals surface area (Å²) in [5.41, 5.74) is 3.47. The van der Waals surface area contributed by atoms with E-state index in [9.17, 15) is 9.59 Å². The molecule has 2 aliphatic rings. The Balaban J connectivity index is 1.34. The number of fused-ring (bicyclic) bond motifs is 1. The molecule has 158 valence electrons. The Morgan fingerprint density at radius 3 is 2.93 bits per heavy atom. The highest BCUT2D eigenvalue weighted by atomic mass is 16.5. The molecule has 2 heterocycles. The number of hydrogen-bond acceptors (Lipinski definition) is 5. The third kappa shape index (κ3) is 5.10. The first-order valence-electron chi connectivity index (χ1n) is 10.3. The lowest BCUT2D eigenvalue weighted by molar-refractivity contribution is -0.118. The van der Waals surface area contributed by atoms with Crippen LogP contribution < -0.4 is 20.1 Å². The molecule has 1 atom stereocenters. The summed E-state index contributed by atoms with van der Waals surface area (Å²) in [5, 5.41) is 5.70. The minimum absolute atomic E-state index is 0.0196. The Bertz CT molecular complexity index is 937. The van der Waals surface area contributed by atoms with Crippen LogP contribution in [-0.2, 0) is 20.7 Å². The number of aryl methyl sites for hydroxylation is 2. The van der Waals surface area contributed by atoms with E-state index in [1.807, 2.05) is 31.2 Å². The lowest BCUT2D eigenvalue weighted by Gasteiger charge is -2.18. The fraction of sp³-hybridized carbons (Fsp3) is 0.391. The molecular weight excluding hydrogens is 384 g/mol. The van der Waals surface area contributed by atoms with Crippen LogP contribution >= 0.6 is 0 Å². The number of ether oxygens (including phenoxy) is 3. The summed E-state index contributed by atoms with van der Waals surface area (Å²) in [7, 11) is 0. The summed E-state index contributed by atoms with van der Waals surface area (Å²) in [6.45, 7) is 3.10. The summed E-state index contributed by atoms with van der Waals surface area (Å²) in [5.74, 6) is 0.972. The Kier molecular flexibility index (Phi) is 6.18. The maximum Gasteiger partial charge on any atom is 0.262 e. The second-order valence-corrected chi connectivity index (χ2v) is 7.65. The van der Waals surface area contributed by atoms with Gasteiger partial charge in [-0.05, 0) is 67.6 Å². The average molecular weight is 410 g/mol. The summed E-state index contributed by atoms with van der Waals surface area (Å²) in [6, 6.07) is 11.1. The predicted molar refractivity (Wildman–Crippen MR) is 113 cm³/mol. The lowest BCUT2D eigenvalue weighted by Crippen LogP contribution is -2.22. The van der Waals surface area contributed by atoms with Crippen LogP contribution in [-0.4, -0.2) is 37.7 Å². The van der Waals surface area contributed by atoms with Crippen LogP contribution in [0.25, 0.3) is 0 Å². The molecule has 4 rings (SSSR count). The highest BCUT2D eigenvalue weighted by molar-refractivity contribution is 5.94. The van der Waals surface area contributed by atoms with E-state index in [1.54, 1.807) is 12.1 Å². The smallest absolute Gasteiger partial charge is 0.262 e. The fourth-order valence-electron chi connectivity index (χ4n) is 3.60. The van der Waals surface area contributed by atoms with Gasteiger partial charge < -0.3 is 24.8 Å². The maximum absolute atomic E-state index is 12.4. The van der Waals surface area contributed by atoms with E-state index in [-0.39, 0.29) is 24.5 Å². The molecule has 1 saturated heterocycles. The molecule has 30 heavy (non-hydrogen) atoms. The number of hydrogen-bond donors (Lipinski definition) is 2. The van der Waals surface area contributed by atoms with Gasteiger partial charge in [-0.3, -0.25) is 9.59 Å². The van der Waals surface area contributed by atoms with E-state index in [4.69, 9.17) is 14.2 Å². The van der Waals surface area contributed by atoms with Crippen molar-refractivity contribution >= 4 is 23.2 Å². The molecule has 2 aromatic carbocycles. The van der Waals surface area contributed by atoms with Gasteiger partial charge in [-0.25, -0.2) is 0 Å². The SMILES string of the molecule is Cc1ccc(NC(=O)COc2ccc3c(c2)CCC(=O)N3)c(OCC2CCCO2)c1. The minimum atomic E-state index is -0.271. The van der Waals surface area contributed by atoms with Crippen LogP contribution in [0, 0.1) is 6.92 Å². The molecule has 0 radical (unpaired) electrons. The van der Waals surface area contributed by atoms with Crippen molar-refractivity contribution in [2.75, 3.05) is 30.5 Å². The highest BCUT2D eigenvalue weighted by Gasteiger charge is 2.18. The van der Waals surface area contributed by atoms with Gasteiger partial charge in [0, 0.05) is 18.7 Å². The van der Waals surface area contributed by atoms with Crippen molar-refractivity contribution in [1.82, 2.24) is 0 Å². The molecule has 2 aromatic rings. The summed E-state index contributed by atoms with van der Waals surface area (Å²) in [6.07, 6.45) is 3.27. The lowest BCUT2D eigenvalue weighted by atomic mass is 10.0. The quantitative estimate of drug-likeness (QED) is 0.730. The number of benzene rings is 2. The van der Waals surface area contributed by atoms with Crippen LogP contribution in [0.2, 0.25) is 0 Å². The van der Waals surface area contributed by atoms with Crippen molar-refractivity contribution in [3.05, 3.63) is 47.5 Å². The van der Waals surface area contributed by atoms with Gasteiger partial charge in [0.2, 0.25) is 5.91 Å². The number of anilines is 2. The molecule has 0 aromatic heterocycles. The van der Waals surface area contributed by atoms with Crippen LogP contribution in [0.1, 0.15) is 30.4 Å². The van der Waals surface area contributed by atoms with Gasteiger partial charge in [0.05, 0.1) is 11.8 Å². The molecule has 7 nitrogen and oxygen atoms in total. The fourth-order valence-corrected chi connectivity index (χ4v) is 3.60. The summed E-state index contributed by atoms with van der Waals surface area (Å²) < 4.78 is 17.2. The van der Waals surface area contributed by atoms with E-state index in [1.165, 1.54) is 0 Å². The van der Waals surface area contributed by atoms with Crippen LogP contribution in [0.15, 0.2) is 36.4 Å². The molecule has 0 saturated carbocycles. The van der Waals surface area contributed by atoms with Gasteiger partial charge in [0.25, 0.3) is 5.91 Å². The highest BCUT2D eigenvalue weighted by Crippen LogP contribution is 2.28. The summed E-state index contributed by atoms with van der Waals surface area (Å²) >= 11 is 0. The zero-order chi connectivity index (χ0) is 20.9. The van der Waals surface area contributed by atoms with E-state index in [2.05, 4.69) is 10.6 Å². The van der Waals surface area contributed by atoms with Crippen molar-refractivity contribution in [2.24, 2.45) is 0 Å². The number of nitrogens with one attached hydrogen (secondary N) is 2. The first kappa shape index (κ1) is 20.2. The largest absolute Gasteiger partial charge is 0.489 e. The number of rotatable bonds is 7. The molecule has 2 N–H and O–H groups in total. The molecular formula is C23H26N2O5. The van der Waals surface area contributed by atoms with Crippen molar-refractivity contribution in [3.8, 4) is 11.5 Å².